The van der Waals surface area contributed by atoms with Gasteiger partial charge in [0.15, 0.2) is 5.82 Å². The Bertz CT molecular complexity index is 483. The Morgan fingerprint density at radius 2 is 2.50 bits per heavy atom. The van der Waals surface area contributed by atoms with Crippen LogP contribution in [0.5, 0.6) is 5.88 Å². The molecule has 3 atom stereocenters. The summed E-state index contributed by atoms with van der Waals surface area (Å²) in [6.07, 6.45) is 5.38. The Kier molecular flexibility index (Phi) is 3.98. The average molecular weight is 278 g/mol. The first-order valence-corrected chi connectivity index (χ1v) is 7.03. The van der Waals surface area contributed by atoms with Gasteiger partial charge >= 0.3 is 0 Å². The lowest BCUT2D eigenvalue weighted by Gasteiger charge is -2.31. The molecule has 0 aliphatic carbocycles. The van der Waals surface area contributed by atoms with E-state index in [1.165, 1.54) is 12.3 Å². The van der Waals surface area contributed by atoms with Crippen LogP contribution >= 0.6 is 0 Å². The van der Waals surface area contributed by atoms with Crippen LogP contribution in [0.4, 0.5) is 4.39 Å². The number of hydrogen-bond acceptors (Lipinski definition) is 4. The molecule has 2 aliphatic rings. The van der Waals surface area contributed by atoms with E-state index in [0.29, 0.717) is 6.04 Å². The van der Waals surface area contributed by atoms with Gasteiger partial charge in [0.2, 0.25) is 0 Å². The van der Waals surface area contributed by atoms with Gasteiger partial charge in [-0.3, -0.25) is 4.90 Å². The van der Waals surface area contributed by atoms with Crippen LogP contribution in [-0.4, -0.2) is 47.8 Å². The first-order chi connectivity index (χ1) is 9.79. The molecule has 2 saturated heterocycles. The molecule has 3 rings (SSSR count). The predicted molar refractivity (Wildman–Crippen MR) is 73.1 cm³/mol. The van der Waals surface area contributed by atoms with Crippen LogP contribution in [0.3, 0.4) is 0 Å². The lowest BCUT2D eigenvalue weighted by atomic mass is 10.0. The summed E-state index contributed by atoms with van der Waals surface area (Å²) in [6, 6.07) is 3.25. The molecule has 0 unspecified atom stereocenters. The van der Waals surface area contributed by atoms with E-state index in [0.717, 1.165) is 32.5 Å². The molecule has 0 amide bonds. The van der Waals surface area contributed by atoms with Gasteiger partial charge in [-0.25, -0.2) is 9.37 Å². The van der Waals surface area contributed by atoms with Crippen molar-refractivity contribution in [2.45, 2.75) is 31.1 Å². The molecule has 3 heterocycles. The molecule has 0 saturated carbocycles. The summed E-state index contributed by atoms with van der Waals surface area (Å²) in [5.41, 5.74) is 0. The minimum atomic E-state index is -0.429. The van der Waals surface area contributed by atoms with E-state index >= 15 is 0 Å². The van der Waals surface area contributed by atoms with Crippen molar-refractivity contribution in [1.29, 1.82) is 0 Å². The summed E-state index contributed by atoms with van der Waals surface area (Å²) < 4.78 is 25.3. The van der Waals surface area contributed by atoms with E-state index < -0.39 is 5.82 Å². The quantitative estimate of drug-likeness (QED) is 0.789. The third kappa shape index (κ3) is 2.55. The van der Waals surface area contributed by atoms with Crippen LogP contribution in [0.15, 0.2) is 31.0 Å². The number of rotatable bonds is 4. The van der Waals surface area contributed by atoms with Crippen molar-refractivity contribution in [3.05, 3.63) is 36.8 Å². The summed E-state index contributed by atoms with van der Waals surface area (Å²) in [6.45, 7) is 6.05. The van der Waals surface area contributed by atoms with Crippen LogP contribution in [0, 0.1) is 5.82 Å². The zero-order valence-electron chi connectivity index (χ0n) is 11.4. The third-order valence-electron chi connectivity index (χ3n) is 3.93. The number of ether oxygens (including phenoxy) is 2. The first kappa shape index (κ1) is 13.5. The van der Waals surface area contributed by atoms with Crippen molar-refractivity contribution in [3.63, 3.8) is 0 Å². The zero-order valence-corrected chi connectivity index (χ0v) is 11.4. The summed E-state index contributed by atoms with van der Waals surface area (Å²) in [7, 11) is 0. The second-order valence-corrected chi connectivity index (χ2v) is 5.23. The van der Waals surface area contributed by atoms with Gasteiger partial charge < -0.3 is 9.47 Å². The smallest absolute Gasteiger partial charge is 0.250 e. The van der Waals surface area contributed by atoms with Crippen LogP contribution in [-0.2, 0) is 4.74 Å². The number of aromatic nitrogens is 1. The molecule has 0 bridgehead atoms. The van der Waals surface area contributed by atoms with Crippen molar-refractivity contribution in [2.24, 2.45) is 0 Å². The number of nitrogens with zero attached hydrogens (tertiary/aromatic N) is 2. The zero-order chi connectivity index (χ0) is 13.9. The molecule has 0 aromatic carbocycles. The molecule has 0 spiro atoms. The maximum absolute atomic E-state index is 13.7. The molecule has 5 heteroatoms. The van der Waals surface area contributed by atoms with Gasteiger partial charge in [-0.15, -0.1) is 6.58 Å². The lowest BCUT2D eigenvalue weighted by Crippen LogP contribution is -2.42. The summed E-state index contributed by atoms with van der Waals surface area (Å²) >= 11 is 0. The third-order valence-corrected chi connectivity index (χ3v) is 3.93. The van der Waals surface area contributed by atoms with Gasteiger partial charge in [0, 0.05) is 31.9 Å². The van der Waals surface area contributed by atoms with E-state index in [1.807, 2.05) is 6.08 Å². The fourth-order valence-corrected chi connectivity index (χ4v) is 3.08. The van der Waals surface area contributed by atoms with Crippen molar-refractivity contribution < 1.29 is 13.9 Å². The number of hydrogen-bond donors (Lipinski definition) is 0. The molecule has 20 heavy (non-hydrogen) atoms. The molecular formula is C15H19FN2O2. The van der Waals surface area contributed by atoms with Gasteiger partial charge in [0.05, 0.1) is 0 Å². The van der Waals surface area contributed by atoms with Crippen molar-refractivity contribution >= 4 is 0 Å². The van der Waals surface area contributed by atoms with Gasteiger partial charge in [0.25, 0.3) is 5.88 Å². The minimum Gasteiger partial charge on any atom is -0.468 e. The Balaban J connectivity index is 1.75. The standard InChI is InChI=1S/C15H19FN2O2/c1-2-8-18-10-13(14-12(18)6-4-9-19-14)20-15-11(16)5-3-7-17-15/h2-3,5,7,12-14H,1,4,6,8-10H2/t12-,13+,14+/m0/s1. The largest absolute Gasteiger partial charge is 0.468 e. The van der Waals surface area contributed by atoms with E-state index in [9.17, 15) is 4.39 Å². The van der Waals surface area contributed by atoms with Gasteiger partial charge in [-0.1, -0.05) is 6.08 Å². The van der Waals surface area contributed by atoms with Crippen LogP contribution < -0.4 is 4.74 Å². The van der Waals surface area contributed by atoms with Crippen LogP contribution in [0.2, 0.25) is 0 Å². The maximum Gasteiger partial charge on any atom is 0.250 e. The number of fused-ring (bicyclic) bond motifs is 1. The normalized spacial score (nSPS) is 29.9. The van der Waals surface area contributed by atoms with Crippen molar-refractivity contribution in [2.75, 3.05) is 19.7 Å². The first-order valence-electron chi connectivity index (χ1n) is 7.03. The van der Waals surface area contributed by atoms with Crippen LogP contribution in [0.25, 0.3) is 0 Å². The van der Waals surface area contributed by atoms with E-state index in [4.69, 9.17) is 9.47 Å². The topological polar surface area (TPSA) is 34.6 Å². The Hall–Kier alpha value is -1.46. The van der Waals surface area contributed by atoms with Crippen molar-refractivity contribution in [1.82, 2.24) is 9.88 Å². The molecule has 108 valence electrons. The Labute approximate surface area is 118 Å². The molecule has 0 radical (unpaired) electrons. The minimum absolute atomic E-state index is 0.00916. The highest BCUT2D eigenvalue weighted by atomic mass is 19.1. The number of pyridine rings is 1. The second kappa shape index (κ2) is 5.89. The van der Waals surface area contributed by atoms with E-state index in [2.05, 4.69) is 16.5 Å². The average Bonchev–Trinajstić information content (AvgIpc) is 2.81. The van der Waals surface area contributed by atoms with Gasteiger partial charge in [-0.05, 0) is 25.0 Å². The number of likely N-dealkylation sites (tertiary alicyclic amines) is 1. The maximum atomic E-state index is 13.7. The SMILES string of the molecule is C=CCN1C[C@@H](Oc2ncccc2F)[C@@H]2OCCC[C@@H]21. The summed E-state index contributed by atoms with van der Waals surface area (Å²) in [5.74, 6) is -0.368. The molecule has 2 aliphatic heterocycles. The highest BCUT2D eigenvalue weighted by Crippen LogP contribution is 2.31. The number of halogens is 1. The molecule has 4 nitrogen and oxygen atoms in total. The molecule has 0 N–H and O–H groups in total. The molecule has 1 aromatic rings. The van der Waals surface area contributed by atoms with Gasteiger partial charge in [-0.2, -0.15) is 0 Å². The highest BCUT2D eigenvalue weighted by Gasteiger charge is 2.45. The Morgan fingerprint density at radius 3 is 3.30 bits per heavy atom. The highest BCUT2D eigenvalue weighted by molar-refractivity contribution is 5.14. The van der Waals surface area contributed by atoms with E-state index in [-0.39, 0.29) is 18.1 Å². The van der Waals surface area contributed by atoms with E-state index in [1.54, 1.807) is 6.07 Å². The molecule has 2 fully saturated rings. The van der Waals surface area contributed by atoms with Crippen LogP contribution in [0.1, 0.15) is 12.8 Å². The predicted octanol–water partition coefficient (Wildman–Crippen LogP) is 2.02. The Morgan fingerprint density at radius 1 is 1.60 bits per heavy atom. The fourth-order valence-electron chi connectivity index (χ4n) is 3.08. The lowest BCUT2D eigenvalue weighted by molar-refractivity contribution is -0.0473. The molecule has 1 aromatic heterocycles. The van der Waals surface area contributed by atoms with Gasteiger partial charge in [0.1, 0.15) is 12.2 Å². The fraction of sp³-hybridized carbons (Fsp3) is 0.533. The van der Waals surface area contributed by atoms with Crippen molar-refractivity contribution in [3.8, 4) is 5.88 Å². The molecular weight excluding hydrogens is 259 g/mol. The summed E-state index contributed by atoms with van der Waals surface area (Å²) in [4.78, 5) is 6.25. The second-order valence-electron chi connectivity index (χ2n) is 5.23. The monoisotopic (exact) mass is 278 g/mol. The summed E-state index contributed by atoms with van der Waals surface area (Å²) in [5, 5.41) is 0.